The molecule has 0 saturated heterocycles. The predicted molar refractivity (Wildman–Crippen MR) is 276 cm³/mol. The highest BCUT2D eigenvalue weighted by Crippen LogP contribution is 2.56. The van der Waals surface area contributed by atoms with Gasteiger partial charge in [-0.3, -0.25) is 5.41 Å². The molecule has 0 atom stereocenters. The SMILES string of the molecule is CC#C/C=C\C(=C/C)C(=N)N.CNCc1cccc(-c2cccc(N(c3ccc4c(c3)-c3c(c5ccccc5c5ccccc35)C4(C)C)c3ccccc3C)c2)c1.Cc1ccccc1. The van der Waals surface area contributed by atoms with E-state index in [0.717, 1.165) is 17.9 Å². The van der Waals surface area contributed by atoms with E-state index in [2.05, 4.69) is 201 Å². The number of amidine groups is 1. The zero-order chi connectivity index (χ0) is 45.2. The molecule has 8 aromatic rings. The topological polar surface area (TPSA) is 65.1 Å². The second kappa shape index (κ2) is 20.2. The average Bonchev–Trinajstić information content (AvgIpc) is 3.55. The minimum absolute atomic E-state index is 0.0710. The molecule has 4 heteroatoms. The van der Waals surface area contributed by atoms with Crippen molar-refractivity contribution in [2.45, 2.75) is 53.5 Å². The van der Waals surface area contributed by atoms with E-state index in [1.54, 1.807) is 25.2 Å². The van der Waals surface area contributed by atoms with Crippen molar-refractivity contribution in [1.29, 1.82) is 5.41 Å². The van der Waals surface area contributed by atoms with Crippen LogP contribution in [0.3, 0.4) is 0 Å². The van der Waals surface area contributed by atoms with Gasteiger partial charge in [-0.25, -0.2) is 0 Å². The Morgan fingerprint density at radius 2 is 1.30 bits per heavy atom. The summed E-state index contributed by atoms with van der Waals surface area (Å²) < 4.78 is 0. The highest BCUT2D eigenvalue weighted by molar-refractivity contribution is 6.18. The van der Waals surface area contributed by atoms with Gasteiger partial charge in [-0.1, -0.05) is 165 Å². The highest BCUT2D eigenvalue weighted by atomic mass is 15.1. The number of aryl methyl sites for hydroxylation is 2. The van der Waals surface area contributed by atoms with Crippen LogP contribution in [0.15, 0.2) is 194 Å². The summed E-state index contributed by atoms with van der Waals surface area (Å²) in [6.45, 7) is 13.5. The van der Waals surface area contributed by atoms with Crippen LogP contribution in [0, 0.1) is 31.1 Å². The number of hydrogen-bond donors (Lipinski definition) is 3. The van der Waals surface area contributed by atoms with Gasteiger partial charge in [0.2, 0.25) is 0 Å². The maximum Gasteiger partial charge on any atom is 0.122 e. The summed E-state index contributed by atoms with van der Waals surface area (Å²) in [7, 11) is 1.99. The number of allylic oxidation sites excluding steroid dienone is 2. The summed E-state index contributed by atoms with van der Waals surface area (Å²) in [4.78, 5) is 2.44. The highest BCUT2D eigenvalue weighted by Gasteiger charge is 2.39. The molecular formula is C60H58N4. The van der Waals surface area contributed by atoms with E-state index in [1.165, 1.54) is 77.3 Å². The normalized spacial score (nSPS) is 12.3. The van der Waals surface area contributed by atoms with Crippen LogP contribution in [0.5, 0.6) is 0 Å². The first-order valence-corrected chi connectivity index (χ1v) is 22.0. The third-order valence-electron chi connectivity index (χ3n) is 11.9. The number of rotatable bonds is 8. The molecule has 4 nitrogen and oxygen atoms in total. The lowest BCUT2D eigenvalue weighted by atomic mass is 9.79. The Labute approximate surface area is 380 Å². The first kappa shape index (κ1) is 44.6. The fraction of sp³-hybridized carbons (Fsp3) is 0.150. The van der Waals surface area contributed by atoms with Gasteiger partial charge < -0.3 is 16.0 Å². The molecule has 1 aliphatic rings. The van der Waals surface area contributed by atoms with Crippen LogP contribution in [0.1, 0.15) is 55.5 Å². The first-order valence-electron chi connectivity index (χ1n) is 22.0. The van der Waals surface area contributed by atoms with Gasteiger partial charge in [0.1, 0.15) is 5.84 Å². The largest absolute Gasteiger partial charge is 0.384 e. The molecule has 318 valence electrons. The fourth-order valence-electron chi connectivity index (χ4n) is 8.85. The van der Waals surface area contributed by atoms with Crippen LogP contribution in [0.2, 0.25) is 0 Å². The number of nitrogens with two attached hydrogens (primary N) is 1. The van der Waals surface area contributed by atoms with Crippen molar-refractivity contribution in [3.63, 3.8) is 0 Å². The average molecular weight is 835 g/mol. The number of anilines is 3. The van der Waals surface area contributed by atoms with E-state index >= 15 is 0 Å². The molecule has 0 heterocycles. The van der Waals surface area contributed by atoms with E-state index in [0.29, 0.717) is 5.57 Å². The van der Waals surface area contributed by atoms with E-state index in [-0.39, 0.29) is 11.3 Å². The number of benzene rings is 8. The van der Waals surface area contributed by atoms with Gasteiger partial charge >= 0.3 is 0 Å². The minimum atomic E-state index is -0.126. The molecule has 8 aromatic carbocycles. The van der Waals surface area contributed by atoms with Gasteiger partial charge in [0, 0.05) is 34.6 Å². The number of hydrogen-bond acceptors (Lipinski definition) is 3. The van der Waals surface area contributed by atoms with Crippen LogP contribution in [-0.2, 0) is 12.0 Å². The quantitative estimate of drug-likeness (QED) is 0.0470. The third kappa shape index (κ3) is 9.47. The standard InChI is InChI=1S/C44H38N2.C9H12N2.C7H8/c1-29-13-5-10-22-41(29)46(33-17-12-16-32(26-33)31-15-11-14-30(25-31)28-45-4)34-23-24-40-39(27-34)42-37-20-8-6-18-35(37)36-19-7-9-21-38(36)43(42)44(40,2)3;1-3-5-6-7-8(4-2)9(10)11;1-7-5-3-2-4-6-7/h5-27,45H,28H2,1-4H3;4,6-7H,1-2H3,(H3,10,11);2-6H,1H3/b;7-6-,8-4+;. The molecule has 0 amide bonds. The minimum Gasteiger partial charge on any atom is -0.384 e. The molecule has 0 spiro atoms. The zero-order valence-electron chi connectivity index (χ0n) is 38.1. The molecule has 0 bridgehead atoms. The lowest BCUT2D eigenvalue weighted by Gasteiger charge is -2.29. The Morgan fingerprint density at radius 3 is 1.94 bits per heavy atom. The zero-order valence-corrected chi connectivity index (χ0v) is 38.1. The van der Waals surface area contributed by atoms with E-state index in [1.807, 2.05) is 32.2 Å². The third-order valence-corrected chi connectivity index (χ3v) is 11.9. The van der Waals surface area contributed by atoms with Crippen molar-refractivity contribution in [2.75, 3.05) is 11.9 Å². The molecule has 0 fully saturated rings. The first-order chi connectivity index (χ1) is 31.1. The maximum absolute atomic E-state index is 7.10. The molecule has 9 rings (SSSR count). The summed E-state index contributed by atoms with van der Waals surface area (Å²) >= 11 is 0. The van der Waals surface area contributed by atoms with Crippen LogP contribution >= 0.6 is 0 Å². The van der Waals surface area contributed by atoms with E-state index in [4.69, 9.17) is 11.1 Å². The Kier molecular flexibility index (Phi) is 14.0. The second-order valence-electron chi connectivity index (χ2n) is 16.6. The number of para-hydroxylation sites is 1. The predicted octanol–water partition coefficient (Wildman–Crippen LogP) is 14.9. The van der Waals surface area contributed by atoms with Gasteiger partial charge in [0.05, 0.1) is 0 Å². The molecule has 0 unspecified atom stereocenters. The summed E-state index contributed by atoms with van der Waals surface area (Å²) in [6.07, 6.45) is 5.17. The van der Waals surface area contributed by atoms with Crippen molar-refractivity contribution < 1.29 is 0 Å². The van der Waals surface area contributed by atoms with Crippen molar-refractivity contribution >= 4 is 44.4 Å². The van der Waals surface area contributed by atoms with Crippen LogP contribution in [-0.4, -0.2) is 12.9 Å². The van der Waals surface area contributed by atoms with Crippen molar-refractivity contribution in [3.8, 4) is 34.1 Å². The molecule has 0 aliphatic heterocycles. The molecule has 0 aromatic heterocycles. The molecular weight excluding hydrogens is 777 g/mol. The van der Waals surface area contributed by atoms with Crippen molar-refractivity contribution in [2.24, 2.45) is 5.73 Å². The van der Waals surface area contributed by atoms with Crippen LogP contribution < -0.4 is 16.0 Å². The van der Waals surface area contributed by atoms with Gasteiger partial charge in [-0.2, -0.15) is 0 Å². The van der Waals surface area contributed by atoms with Crippen LogP contribution in [0.25, 0.3) is 43.8 Å². The van der Waals surface area contributed by atoms with E-state index in [9.17, 15) is 0 Å². The second-order valence-corrected chi connectivity index (χ2v) is 16.6. The monoisotopic (exact) mass is 834 g/mol. The van der Waals surface area contributed by atoms with Gasteiger partial charge in [-0.15, -0.1) is 5.92 Å². The molecule has 4 N–H and O–H groups in total. The summed E-state index contributed by atoms with van der Waals surface area (Å²) in [5.74, 6) is 5.53. The van der Waals surface area contributed by atoms with E-state index < -0.39 is 0 Å². The summed E-state index contributed by atoms with van der Waals surface area (Å²) in [6, 6.07) is 61.8. The number of nitrogens with zero attached hydrogens (tertiary/aromatic N) is 1. The lowest BCUT2D eigenvalue weighted by Crippen LogP contribution is -2.16. The molecule has 0 radical (unpaired) electrons. The smallest absolute Gasteiger partial charge is 0.122 e. The lowest BCUT2D eigenvalue weighted by molar-refractivity contribution is 0.666. The molecule has 0 saturated carbocycles. The summed E-state index contributed by atoms with van der Waals surface area (Å²) in [5, 5.41) is 15.7. The van der Waals surface area contributed by atoms with Gasteiger partial charge in [0.15, 0.2) is 0 Å². The fourth-order valence-corrected chi connectivity index (χ4v) is 8.85. The Morgan fingerprint density at radius 1 is 0.688 bits per heavy atom. The Bertz CT molecular complexity index is 3070. The Balaban J connectivity index is 0.000000285. The van der Waals surface area contributed by atoms with Crippen molar-refractivity contribution in [1.82, 2.24) is 5.32 Å². The van der Waals surface area contributed by atoms with Gasteiger partial charge in [0.25, 0.3) is 0 Å². The molecule has 64 heavy (non-hydrogen) atoms. The summed E-state index contributed by atoms with van der Waals surface area (Å²) in [5.41, 5.74) is 21.1. The number of fused-ring (bicyclic) bond motifs is 8. The van der Waals surface area contributed by atoms with Gasteiger partial charge in [-0.05, 0) is 149 Å². The van der Waals surface area contributed by atoms with Crippen molar-refractivity contribution in [3.05, 3.63) is 221 Å². The molecule has 1 aliphatic carbocycles. The Hall–Kier alpha value is -7.45. The maximum atomic E-state index is 7.10. The van der Waals surface area contributed by atoms with Crippen LogP contribution in [0.4, 0.5) is 17.1 Å². The number of nitrogens with one attached hydrogen (secondary N) is 2.